The summed E-state index contributed by atoms with van der Waals surface area (Å²) in [5, 5.41) is 0. The van der Waals surface area contributed by atoms with Crippen LogP contribution in [-0.4, -0.2) is 13.7 Å². The van der Waals surface area contributed by atoms with Gasteiger partial charge in [0, 0.05) is 5.56 Å². The Labute approximate surface area is 122 Å². The normalized spacial score (nSPS) is 13.6. The van der Waals surface area contributed by atoms with Gasteiger partial charge in [-0.1, -0.05) is 34.6 Å². The van der Waals surface area contributed by atoms with Crippen LogP contribution in [0.15, 0.2) is 18.2 Å². The average molecular weight is 282 g/mol. The van der Waals surface area contributed by atoms with E-state index >= 15 is 0 Å². The second kappa shape index (κ2) is 7.07. The Kier molecular flexibility index (Phi) is 6.00. The van der Waals surface area contributed by atoms with Crippen molar-refractivity contribution < 1.29 is 13.9 Å². The Morgan fingerprint density at radius 1 is 1.20 bits per heavy atom. The summed E-state index contributed by atoms with van der Waals surface area (Å²) in [6.45, 7) is 11.3. The van der Waals surface area contributed by atoms with E-state index in [-0.39, 0.29) is 17.3 Å². The van der Waals surface area contributed by atoms with Crippen LogP contribution in [0.25, 0.3) is 0 Å². The molecule has 0 aliphatic rings. The van der Waals surface area contributed by atoms with Crippen molar-refractivity contribution in [3.63, 3.8) is 0 Å². The van der Waals surface area contributed by atoms with E-state index in [1.807, 2.05) is 0 Å². The molecular weight excluding hydrogens is 255 g/mol. The molecule has 3 heteroatoms. The van der Waals surface area contributed by atoms with E-state index in [1.54, 1.807) is 13.2 Å². The van der Waals surface area contributed by atoms with Gasteiger partial charge in [-0.2, -0.15) is 0 Å². The molecule has 0 bridgehead atoms. The zero-order valence-corrected chi connectivity index (χ0v) is 13.5. The van der Waals surface area contributed by atoms with Crippen molar-refractivity contribution in [3.8, 4) is 5.75 Å². The molecule has 1 aromatic carbocycles. The van der Waals surface area contributed by atoms with Gasteiger partial charge in [-0.15, -0.1) is 0 Å². The van der Waals surface area contributed by atoms with E-state index in [1.165, 1.54) is 12.1 Å². The summed E-state index contributed by atoms with van der Waals surface area (Å²) in [4.78, 5) is 0. The van der Waals surface area contributed by atoms with Crippen molar-refractivity contribution in [3.05, 3.63) is 29.6 Å². The van der Waals surface area contributed by atoms with Gasteiger partial charge in [0.2, 0.25) is 0 Å². The molecule has 0 heterocycles. The molecule has 1 rings (SSSR count). The summed E-state index contributed by atoms with van der Waals surface area (Å²) in [5.41, 5.74) is 0.876. The Balaban J connectivity index is 3.00. The van der Waals surface area contributed by atoms with Crippen LogP contribution in [0.2, 0.25) is 0 Å². The second-order valence-corrected chi connectivity index (χ2v) is 6.88. The molecule has 0 saturated carbocycles. The molecule has 0 unspecified atom stereocenters. The summed E-state index contributed by atoms with van der Waals surface area (Å²) >= 11 is 0. The first kappa shape index (κ1) is 17.0. The zero-order chi connectivity index (χ0) is 15.3. The fraction of sp³-hybridized carbons (Fsp3) is 0.647. The smallest absolute Gasteiger partial charge is 0.124 e. The predicted octanol–water partition coefficient (Wildman–Crippen LogP) is 4.98. The molecule has 114 valence electrons. The minimum Gasteiger partial charge on any atom is -0.496 e. The number of ether oxygens (including phenoxy) is 2. The van der Waals surface area contributed by atoms with Gasteiger partial charge < -0.3 is 9.47 Å². The van der Waals surface area contributed by atoms with Crippen molar-refractivity contribution in [1.29, 1.82) is 0 Å². The predicted molar refractivity (Wildman–Crippen MR) is 80.6 cm³/mol. The van der Waals surface area contributed by atoms with Crippen LogP contribution in [0.1, 0.15) is 52.7 Å². The second-order valence-electron chi connectivity index (χ2n) is 6.88. The fourth-order valence-electron chi connectivity index (χ4n) is 2.02. The van der Waals surface area contributed by atoms with E-state index in [2.05, 4.69) is 34.6 Å². The molecule has 0 N–H and O–H groups in total. The summed E-state index contributed by atoms with van der Waals surface area (Å²) in [7, 11) is 1.60. The highest BCUT2D eigenvalue weighted by Gasteiger charge is 2.22. The van der Waals surface area contributed by atoms with Gasteiger partial charge in [0.05, 0.1) is 19.8 Å². The molecule has 1 atom stereocenters. The Morgan fingerprint density at radius 2 is 1.85 bits per heavy atom. The molecule has 0 aliphatic carbocycles. The van der Waals surface area contributed by atoms with Crippen LogP contribution in [0.4, 0.5) is 4.39 Å². The van der Waals surface area contributed by atoms with Crippen LogP contribution in [0.3, 0.4) is 0 Å². The maximum Gasteiger partial charge on any atom is 0.124 e. The minimum atomic E-state index is -0.256. The number of hydrogen-bond donors (Lipinski definition) is 0. The third kappa shape index (κ3) is 5.49. The molecule has 0 spiro atoms. The van der Waals surface area contributed by atoms with Gasteiger partial charge in [-0.25, -0.2) is 4.39 Å². The Morgan fingerprint density at radius 3 is 2.35 bits per heavy atom. The van der Waals surface area contributed by atoms with Gasteiger partial charge in [-0.05, 0) is 36.0 Å². The number of benzene rings is 1. The van der Waals surface area contributed by atoms with E-state index in [4.69, 9.17) is 9.47 Å². The van der Waals surface area contributed by atoms with E-state index in [0.29, 0.717) is 18.3 Å². The first-order chi connectivity index (χ1) is 9.23. The quantitative estimate of drug-likeness (QED) is 0.732. The third-order valence-electron chi connectivity index (χ3n) is 2.94. The van der Waals surface area contributed by atoms with Gasteiger partial charge >= 0.3 is 0 Å². The summed E-state index contributed by atoms with van der Waals surface area (Å²) in [5.74, 6) is 0.896. The lowest BCUT2D eigenvalue weighted by Crippen LogP contribution is -2.19. The van der Waals surface area contributed by atoms with E-state index < -0.39 is 0 Å². The Hall–Kier alpha value is -1.09. The highest BCUT2D eigenvalue weighted by atomic mass is 19.1. The molecule has 0 saturated heterocycles. The third-order valence-corrected chi connectivity index (χ3v) is 2.94. The summed E-state index contributed by atoms with van der Waals surface area (Å²) < 4.78 is 24.9. The highest BCUT2D eigenvalue weighted by molar-refractivity contribution is 5.35. The molecule has 20 heavy (non-hydrogen) atoms. The molecule has 2 nitrogen and oxygen atoms in total. The molecule has 0 amide bonds. The van der Waals surface area contributed by atoms with E-state index in [9.17, 15) is 4.39 Å². The zero-order valence-electron chi connectivity index (χ0n) is 13.5. The van der Waals surface area contributed by atoms with Crippen LogP contribution < -0.4 is 4.74 Å². The highest BCUT2D eigenvalue weighted by Crippen LogP contribution is 2.34. The number of halogens is 1. The Bertz CT molecular complexity index is 421. The molecule has 0 aromatic heterocycles. The largest absolute Gasteiger partial charge is 0.496 e. The SMILES string of the molecule is COc1ccc(F)cc1[C@H](CC(C)C)OCC(C)(C)C. The lowest BCUT2D eigenvalue weighted by atomic mass is 9.96. The first-order valence-corrected chi connectivity index (χ1v) is 7.18. The maximum absolute atomic E-state index is 13.5. The van der Waals surface area contributed by atoms with Crippen LogP contribution in [0.5, 0.6) is 5.75 Å². The summed E-state index contributed by atoms with van der Waals surface area (Å²) in [6, 6.07) is 4.60. The molecule has 1 aromatic rings. The van der Waals surface area contributed by atoms with E-state index in [0.717, 1.165) is 12.0 Å². The molecule has 0 fully saturated rings. The maximum atomic E-state index is 13.5. The average Bonchev–Trinajstić information content (AvgIpc) is 2.33. The monoisotopic (exact) mass is 282 g/mol. The van der Waals surface area contributed by atoms with Gasteiger partial charge in [0.25, 0.3) is 0 Å². The van der Waals surface area contributed by atoms with Crippen LogP contribution >= 0.6 is 0 Å². The van der Waals surface area contributed by atoms with Gasteiger partial charge in [-0.3, -0.25) is 0 Å². The number of methoxy groups -OCH3 is 1. The van der Waals surface area contributed by atoms with Gasteiger partial charge in [0.1, 0.15) is 11.6 Å². The van der Waals surface area contributed by atoms with Gasteiger partial charge in [0.15, 0.2) is 0 Å². The number of hydrogen-bond acceptors (Lipinski definition) is 2. The lowest BCUT2D eigenvalue weighted by molar-refractivity contribution is -0.00436. The molecular formula is C17H27FO2. The van der Waals surface area contributed by atoms with Crippen LogP contribution in [0, 0.1) is 17.2 Å². The van der Waals surface area contributed by atoms with Crippen LogP contribution in [-0.2, 0) is 4.74 Å². The fourth-order valence-corrected chi connectivity index (χ4v) is 2.02. The van der Waals surface area contributed by atoms with Crippen molar-refractivity contribution in [2.24, 2.45) is 11.3 Å². The van der Waals surface area contributed by atoms with Crippen molar-refractivity contribution in [1.82, 2.24) is 0 Å². The van der Waals surface area contributed by atoms with Crippen molar-refractivity contribution in [2.75, 3.05) is 13.7 Å². The van der Waals surface area contributed by atoms with Crippen molar-refractivity contribution >= 4 is 0 Å². The first-order valence-electron chi connectivity index (χ1n) is 7.18. The molecule has 0 radical (unpaired) electrons. The molecule has 0 aliphatic heterocycles. The topological polar surface area (TPSA) is 18.5 Å². The van der Waals surface area contributed by atoms with Crippen molar-refractivity contribution in [2.45, 2.75) is 47.1 Å². The lowest BCUT2D eigenvalue weighted by Gasteiger charge is -2.26. The minimum absolute atomic E-state index is 0.0792. The standard InChI is InChI=1S/C17H27FO2/c1-12(2)9-16(20-11-17(3,4)5)14-10-13(18)7-8-15(14)19-6/h7-8,10,12,16H,9,11H2,1-6H3/t16-/m0/s1. The number of rotatable bonds is 6. The summed E-state index contributed by atoms with van der Waals surface area (Å²) in [6.07, 6.45) is 0.704.